The van der Waals surface area contributed by atoms with E-state index in [1.54, 1.807) is 6.20 Å². The summed E-state index contributed by atoms with van der Waals surface area (Å²) in [4.78, 5) is 0. The van der Waals surface area contributed by atoms with Gasteiger partial charge < -0.3 is 0 Å². The van der Waals surface area contributed by atoms with E-state index >= 15 is 0 Å². The zero-order valence-corrected chi connectivity index (χ0v) is 5.70. The summed E-state index contributed by atoms with van der Waals surface area (Å²) in [5.41, 5.74) is 1.12. The third-order valence-electron chi connectivity index (χ3n) is 1.68. The van der Waals surface area contributed by atoms with Crippen LogP contribution in [0.4, 0.5) is 0 Å². The van der Waals surface area contributed by atoms with Crippen LogP contribution >= 0.6 is 0 Å². The molecule has 0 spiro atoms. The third-order valence-corrected chi connectivity index (χ3v) is 1.68. The van der Waals surface area contributed by atoms with E-state index in [-0.39, 0.29) is 0 Å². The zero-order chi connectivity index (χ0) is 6.81. The number of aromatic nitrogens is 3. The number of rotatable bonds is 0. The molecule has 0 fully saturated rings. The number of aryl methyl sites for hydroxylation is 1. The fourth-order valence-electron chi connectivity index (χ4n) is 1.13. The second-order valence-corrected chi connectivity index (χ2v) is 2.43. The van der Waals surface area contributed by atoms with Crippen molar-refractivity contribution >= 4 is 6.08 Å². The number of fused-ring (bicyclic) bond motifs is 1. The van der Waals surface area contributed by atoms with Gasteiger partial charge in [-0.2, -0.15) is 0 Å². The molecule has 2 heterocycles. The number of hydrogen-bond donors (Lipinski definition) is 0. The minimum atomic E-state index is 1.00. The second-order valence-electron chi connectivity index (χ2n) is 2.43. The molecule has 2 rings (SSSR count). The van der Waals surface area contributed by atoms with Gasteiger partial charge in [0.15, 0.2) is 0 Å². The zero-order valence-electron chi connectivity index (χ0n) is 5.70. The van der Waals surface area contributed by atoms with Gasteiger partial charge in [-0.3, -0.25) is 0 Å². The number of allylic oxidation sites excluding steroid dienone is 1. The molecule has 0 atom stereocenters. The van der Waals surface area contributed by atoms with Crippen molar-refractivity contribution in [1.29, 1.82) is 0 Å². The smallest absolute Gasteiger partial charge is 0.0810 e. The van der Waals surface area contributed by atoms with E-state index in [2.05, 4.69) is 22.5 Å². The van der Waals surface area contributed by atoms with Crippen LogP contribution in [0.25, 0.3) is 6.08 Å². The first-order valence-electron chi connectivity index (χ1n) is 3.52. The van der Waals surface area contributed by atoms with Crippen molar-refractivity contribution in [1.82, 2.24) is 15.0 Å². The summed E-state index contributed by atoms with van der Waals surface area (Å²) in [5, 5.41) is 7.74. The number of nitrogens with zero attached hydrogens (tertiary/aromatic N) is 3. The lowest BCUT2D eigenvalue weighted by Gasteiger charge is -1.95. The summed E-state index contributed by atoms with van der Waals surface area (Å²) in [6, 6.07) is 0. The Morgan fingerprint density at radius 1 is 1.50 bits per heavy atom. The average molecular weight is 135 g/mol. The van der Waals surface area contributed by atoms with Crippen molar-refractivity contribution in [2.75, 3.05) is 0 Å². The average Bonchev–Trinajstić information content (AvgIpc) is 2.28. The molecule has 0 saturated heterocycles. The summed E-state index contributed by atoms with van der Waals surface area (Å²) in [7, 11) is 0. The highest BCUT2D eigenvalue weighted by Crippen LogP contribution is 2.08. The molecule has 1 aliphatic heterocycles. The Labute approximate surface area is 59.4 Å². The van der Waals surface area contributed by atoms with E-state index < -0.39 is 0 Å². The predicted octanol–water partition coefficient (Wildman–Crippen LogP) is 1.09. The van der Waals surface area contributed by atoms with Crippen LogP contribution in [0.1, 0.15) is 18.5 Å². The highest BCUT2D eigenvalue weighted by atomic mass is 15.4. The topological polar surface area (TPSA) is 30.7 Å². The van der Waals surface area contributed by atoms with Crippen LogP contribution in [0.5, 0.6) is 0 Å². The first kappa shape index (κ1) is 5.65. The Kier molecular flexibility index (Phi) is 1.27. The van der Waals surface area contributed by atoms with Crippen LogP contribution in [-0.2, 0) is 6.54 Å². The largest absolute Gasteiger partial charge is 0.245 e. The molecular weight excluding hydrogens is 126 g/mol. The summed E-state index contributed by atoms with van der Waals surface area (Å²) >= 11 is 0. The van der Waals surface area contributed by atoms with Gasteiger partial charge in [0.2, 0.25) is 0 Å². The first-order chi connectivity index (χ1) is 4.97. The highest BCUT2D eigenvalue weighted by Gasteiger charge is 2.01. The molecule has 0 unspecified atom stereocenters. The Morgan fingerprint density at radius 2 is 2.50 bits per heavy atom. The third kappa shape index (κ3) is 0.835. The minimum Gasteiger partial charge on any atom is -0.245 e. The van der Waals surface area contributed by atoms with Crippen molar-refractivity contribution in [2.24, 2.45) is 0 Å². The van der Waals surface area contributed by atoms with Crippen LogP contribution in [-0.4, -0.2) is 15.0 Å². The molecule has 1 aromatic heterocycles. The van der Waals surface area contributed by atoms with E-state index in [0.717, 1.165) is 18.7 Å². The fourth-order valence-corrected chi connectivity index (χ4v) is 1.13. The lowest BCUT2D eigenvalue weighted by Crippen LogP contribution is -2.00. The molecule has 0 N–H and O–H groups in total. The summed E-state index contributed by atoms with van der Waals surface area (Å²) in [5.74, 6) is 0. The van der Waals surface area contributed by atoms with Gasteiger partial charge in [0.05, 0.1) is 11.9 Å². The Morgan fingerprint density at radius 3 is 3.50 bits per heavy atom. The SMILES string of the molecule is C1=Cc2cnnn2CCC1. The molecule has 52 valence electrons. The van der Waals surface area contributed by atoms with Gasteiger partial charge in [-0.05, 0) is 18.9 Å². The van der Waals surface area contributed by atoms with Crippen molar-refractivity contribution in [3.8, 4) is 0 Å². The van der Waals surface area contributed by atoms with E-state index in [1.807, 2.05) is 4.68 Å². The predicted molar refractivity (Wildman–Crippen MR) is 38.3 cm³/mol. The molecule has 1 aromatic rings. The molecule has 10 heavy (non-hydrogen) atoms. The molecule has 0 radical (unpaired) electrons. The van der Waals surface area contributed by atoms with Crippen molar-refractivity contribution in [3.63, 3.8) is 0 Å². The van der Waals surface area contributed by atoms with Gasteiger partial charge >= 0.3 is 0 Å². The second kappa shape index (κ2) is 2.25. The standard InChI is InChI=1S/C7H9N3/c1-2-4-7-6-8-9-10(7)5-3-1/h2,4,6H,1,3,5H2. The summed E-state index contributed by atoms with van der Waals surface area (Å²) in [6.07, 6.45) is 8.37. The first-order valence-corrected chi connectivity index (χ1v) is 3.52. The molecule has 1 aliphatic rings. The lowest BCUT2D eigenvalue weighted by molar-refractivity contribution is 0.565. The maximum atomic E-state index is 3.93. The van der Waals surface area contributed by atoms with Gasteiger partial charge in [-0.15, -0.1) is 5.10 Å². The van der Waals surface area contributed by atoms with Crippen LogP contribution < -0.4 is 0 Å². The maximum absolute atomic E-state index is 3.93. The van der Waals surface area contributed by atoms with E-state index in [9.17, 15) is 0 Å². The fraction of sp³-hybridized carbons (Fsp3) is 0.429. The van der Waals surface area contributed by atoms with Gasteiger partial charge in [0.25, 0.3) is 0 Å². The van der Waals surface area contributed by atoms with Crippen molar-refractivity contribution in [3.05, 3.63) is 18.0 Å². The Hall–Kier alpha value is -1.12. The van der Waals surface area contributed by atoms with Crippen LogP contribution in [0.2, 0.25) is 0 Å². The summed E-state index contributed by atoms with van der Waals surface area (Å²) in [6.45, 7) is 1.00. The molecule has 0 bridgehead atoms. The summed E-state index contributed by atoms with van der Waals surface area (Å²) < 4.78 is 1.93. The Bertz CT molecular complexity index is 249. The molecular formula is C7H9N3. The number of hydrogen-bond acceptors (Lipinski definition) is 2. The van der Waals surface area contributed by atoms with Gasteiger partial charge in [-0.25, -0.2) is 4.68 Å². The van der Waals surface area contributed by atoms with Crippen LogP contribution in [0.3, 0.4) is 0 Å². The van der Waals surface area contributed by atoms with Crippen LogP contribution in [0, 0.1) is 0 Å². The quantitative estimate of drug-likeness (QED) is 0.533. The highest BCUT2D eigenvalue weighted by molar-refractivity contribution is 5.43. The molecule has 0 aromatic carbocycles. The van der Waals surface area contributed by atoms with Crippen molar-refractivity contribution < 1.29 is 0 Å². The molecule has 0 aliphatic carbocycles. The van der Waals surface area contributed by atoms with Gasteiger partial charge in [0.1, 0.15) is 0 Å². The molecule has 3 heteroatoms. The minimum absolute atomic E-state index is 1.00. The van der Waals surface area contributed by atoms with Crippen molar-refractivity contribution in [2.45, 2.75) is 19.4 Å². The van der Waals surface area contributed by atoms with E-state index in [4.69, 9.17) is 0 Å². The van der Waals surface area contributed by atoms with Gasteiger partial charge in [-0.1, -0.05) is 11.3 Å². The normalized spacial score (nSPS) is 16.4. The monoisotopic (exact) mass is 135 g/mol. The van der Waals surface area contributed by atoms with Gasteiger partial charge in [0, 0.05) is 6.54 Å². The van der Waals surface area contributed by atoms with Crippen LogP contribution in [0.15, 0.2) is 12.3 Å². The lowest BCUT2D eigenvalue weighted by atomic mass is 10.3. The maximum Gasteiger partial charge on any atom is 0.0810 e. The Balaban J connectivity index is 2.42. The van der Waals surface area contributed by atoms with E-state index in [1.165, 1.54) is 6.42 Å². The molecule has 0 saturated carbocycles. The molecule has 3 nitrogen and oxygen atoms in total. The molecule has 0 amide bonds. The van der Waals surface area contributed by atoms with E-state index in [0.29, 0.717) is 0 Å².